The van der Waals surface area contributed by atoms with Crippen LogP contribution in [0.15, 0.2) is 60.8 Å². The Morgan fingerprint density at radius 3 is 2.58 bits per heavy atom. The first-order valence-corrected chi connectivity index (χ1v) is 11.5. The first kappa shape index (κ1) is 25.4. The van der Waals surface area contributed by atoms with Gasteiger partial charge in [-0.05, 0) is 46.3 Å². The van der Waals surface area contributed by atoms with Gasteiger partial charge >= 0.3 is 0 Å². The van der Waals surface area contributed by atoms with E-state index in [1.54, 1.807) is 25.4 Å². The number of nitro benzene ring substituents is 1. The predicted octanol–water partition coefficient (Wildman–Crippen LogP) is 3.11. The second-order valence-electron chi connectivity index (χ2n) is 8.41. The molecular formula is C24H27ClN8O3. The minimum atomic E-state index is -0.376. The van der Waals surface area contributed by atoms with Crippen LogP contribution in [0.1, 0.15) is 17.4 Å². The fraction of sp³-hybridized carbons (Fsp3) is 0.333. The van der Waals surface area contributed by atoms with E-state index in [0.717, 1.165) is 54.2 Å². The largest absolute Gasteiger partial charge is 0.383 e. The fourth-order valence-electron chi connectivity index (χ4n) is 4.56. The molecule has 2 aromatic carbocycles. The number of rotatable bonds is 8. The summed E-state index contributed by atoms with van der Waals surface area (Å²) >= 11 is 0. The molecule has 3 heterocycles. The molecule has 36 heavy (non-hydrogen) atoms. The molecule has 0 saturated carbocycles. The Hall–Kier alpha value is -3.67. The summed E-state index contributed by atoms with van der Waals surface area (Å²) in [7, 11) is 1.66. The Bertz CT molecular complexity index is 1310. The molecule has 1 fully saturated rings. The number of anilines is 1. The quantitative estimate of drug-likeness (QED) is 0.260. The van der Waals surface area contributed by atoms with Crippen LogP contribution in [0.5, 0.6) is 0 Å². The van der Waals surface area contributed by atoms with Gasteiger partial charge in [-0.1, -0.05) is 12.1 Å². The molecule has 0 radical (unpaired) electrons. The Kier molecular flexibility index (Phi) is 8.04. The van der Waals surface area contributed by atoms with E-state index in [1.807, 2.05) is 28.9 Å². The van der Waals surface area contributed by atoms with Gasteiger partial charge in [-0.25, -0.2) is 4.68 Å². The van der Waals surface area contributed by atoms with Crippen LogP contribution in [0, 0.1) is 10.1 Å². The van der Waals surface area contributed by atoms with Crippen molar-refractivity contribution in [2.45, 2.75) is 12.6 Å². The highest BCUT2D eigenvalue weighted by molar-refractivity contribution is 5.85. The van der Waals surface area contributed by atoms with Crippen molar-refractivity contribution in [2.75, 3.05) is 44.8 Å². The SMILES string of the molecule is COCCn1nnnc1C(c1ccc2ncccc2c1)N1CCN(c2ccc([N+](=O)[O-])cc2)CC1.Cl. The van der Waals surface area contributed by atoms with Gasteiger partial charge in [0.05, 0.1) is 29.6 Å². The van der Waals surface area contributed by atoms with Crippen LogP contribution in [-0.2, 0) is 11.3 Å². The second kappa shape index (κ2) is 11.4. The number of methoxy groups -OCH3 is 1. The van der Waals surface area contributed by atoms with Crippen molar-refractivity contribution < 1.29 is 9.66 Å². The third-order valence-corrected chi connectivity index (χ3v) is 6.36. The maximum Gasteiger partial charge on any atom is 0.269 e. The molecule has 0 N–H and O–H groups in total. The van der Waals surface area contributed by atoms with E-state index in [2.05, 4.69) is 48.5 Å². The van der Waals surface area contributed by atoms with Crippen molar-refractivity contribution in [1.29, 1.82) is 0 Å². The topological polar surface area (TPSA) is 115 Å². The Balaban J connectivity index is 0.00000304. The molecule has 12 heteroatoms. The van der Waals surface area contributed by atoms with Crippen molar-refractivity contribution in [3.8, 4) is 0 Å². The molecule has 0 amide bonds. The molecule has 1 saturated heterocycles. The molecule has 0 spiro atoms. The first-order chi connectivity index (χ1) is 17.1. The Morgan fingerprint density at radius 1 is 1.08 bits per heavy atom. The van der Waals surface area contributed by atoms with E-state index < -0.39 is 0 Å². The van der Waals surface area contributed by atoms with Crippen molar-refractivity contribution in [3.05, 3.63) is 82.3 Å². The van der Waals surface area contributed by atoms with E-state index in [0.29, 0.717) is 13.2 Å². The molecule has 1 atom stereocenters. The number of aromatic nitrogens is 5. The van der Waals surface area contributed by atoms with Gasteiger partial charge in [-0.3, -0.25) is 20.0 Å². The van der Waals surface area contributed by atoms with Gasteiger partial charge in [0.15, 0.2) is 5.82 Å². The van der Waals surface area contributed by atoms with Crippen LogP contribution < -0.4 is 4.90 Å². The number of non-ortho nitro benzene ring substituents is 1. The van der Waals surface area contributed by atoms with Crippen molar-refractivity contribution in [1.82, 2.24) is 30.1 Å². The molecule has 188 valence electrons. The summed E-state index contributed by atoms with van der Waals surface area (Å²) in [6.45, 7) is 4.20. The number of pyridine rings is 1. The molecular weight excluding hydrogens is 484 g/mol. The summed E-state index contributed by atoms with van der Waals surface area (Å²) < 4.78 is 7.07. The maximum absolute atomic E-state index is 11.0. The minimum absolute atomic E-state index is 0. The van der Waals surface area contributed by atoms with Gasteiger partial charge in [-0.2, -0.15) is 0 Å². The minimum Gasteiger partial charge on any atom is -0.383 e. The van der Waals surface area contributed by atoms with Gasteiger partial charge < -0.3 is 9.64 Å². The standard InChI is InChI=1S/C24H26N8O3.ClH/c1-35-16-15-31-24(26-27-28-31)23(19-4-9-22-18(17-19)3-2-10-25-22)30-13-11-29(12-14-30)20-5-7-21(8-6-20)32(33)34;/h2-10,17,23H,11-16H2,1H3;1H. The normalized spacial score (nSPS) is 15.0. The van der Waals surface area contributed by atoms with Gasteiger partial charge in [-0.15, -0.1) is 17.5 Å². The zero-order valence-electron chi connectivity index (χ0n) is 19.8. The van der Waals surface area contributed by atoms with E-state index in [9.17, 15) is 10.1 Å². The molecule has 4 aromatic rings. The second-order valence-corrected chi connectivity index (χ2v) is 8.41. The highest BCUT2D eigenvalue weighted by Gasteiger charge is 2.31. The number of nitrogens with zero attached hydrogens (tertiary/aromatic N) is 8. The predicted molar refractivity (Wildman–Crippen MR) is 137 cm³/mol. The number of benzene rings is 2. The molecule has 0 bridgehead atoms. The van der Waals surface area contributed by atoms with Crippen LogP contribution in [0.2, 0.25) is 0 Å². The molecule has 0 aliphatic carbocycles. The molecule has 1 aliphatic rings. The third-order valence-electron chi connectivity index (χ3n) is 6.36. The van der Waals surface area contributed by atoms with Crippen LogP contribution in [0.25, 0.3) is 10.9 Å². The van der Waals surface area contributed by atoms with Gasteiger partial charge in [0, 0.05) is 62.7 Å². The Labute approximate surface area is 214 Å². The zero-order valence-corrected chi connectivity index (χ0v) is 20.6. The number of hydrogen-bond donors (Lipinski definition) is 0. The molecule has 1 aliphatic heterocycles. The summed E-state index contributed by atoms with van der Waals surface area (Å²) in [5, 5.41) is 24.6. The van der Waals surface area contributed by atoms with Crippen LogP contribution in [-0.4, -0.2) is 74.9 Å². The smallest absolute Gasteiger partial charge is 0.269 e. The summed E-state index contributed by atoms with van der Waals surface area (Å²) in [5.41, 5.74) is 3.12. The molecule has 5 rings (SSSR count). The number of halogens is 1. The van der Waals surface area contributed by atoms with Crippen molar-refractivity contribution in [2.24, 2.45) is 0 Å². The van der Waals surface area contributed by atoms with E-state index >= 15 is 0 Å². The summed E-state index contributed by atoms with van der Waals surface area (Å²) in [4.78, 5) is 19.7. The van der Waals surface area contributed by atoms with Crippen LogP contribution >= 0.6 is 12.4 Å². The number of fused-ring (bicyclic) bond motifs is 1. The molecule has 2 aromatic heterocycles. The Morgan fingerprint density at radius 2 is 1.86 bits per heavy atom. The lowest BCUT2D eigenvalue weighted by atomic mass is 10.0. The molecule has 11 nitrogen and oxygen atoms in total. The monoisotopic (exact) mass is 510 g/mol. The van der Waals surface area contributed by atoms with Crippen LogP contribution in [0.3, 0.4) is 0 Å². The lowest BCUT2D eigenvalue weighted by Crippen LogP contribution is -2.48. The van der Waals surface area contributed by atoms with E-state index in [1.165, 1.54) is 0 Å². The number of nitro groups is 1. The average molecular weight is 511 g/mol. The highest BCUT2D eigenvalue weighted by atomic mass is 35.5. The number of piperazine rings is 1. The van der Waals surface area contributed by atoms with E-state index in [4.69, 9.17) is 4.74 Å². The third kappa shape index (κ3) is 5.27. The lowest BCUT2D eigenvalue weighted by molar-refractivity contribution is -0.384. The fourth-order valence-corrected chi connectivity index (χ4v) is 4.56. The lowest BCUT2D eigenvalue weighted by Gasteiger charge is -2.40. The summed E-state index contributed by atoms with van der Waals surface area (Å²) in [5.74, 6) is 0.772. The van der Waals surface area contributed by atoms with Gasteiger partial charge in [0.1, 0.15) is 0 Å². The number of hydrogen-bond acceptors (Lipinski definition) is 9. The number of tetrazole rings is 1. The maximum atomic E-state index is 11.0. The summed E-state index contributed by atoms with van der Waals surface area (Å²) in [6.07, 6.45) is 1.79. The molecule has 1 unspecified atom stereocenters. The number of ether oxygens (including phenoxy) is 1. The zero-order chi connectivity index (χ0) is 24.2. The van der Waals surface area contributed by atoms with Crippen LogP contribution in [0.4, 0.5) is 11.4 Å². The van der Waals surface area contributed by atoms with Gasteiger partial charge in [0.25, 0.3) is 5.69 Å². The summed E-state index contributed by atoms with van der Waals surface area (Å²) in [6, 6.07) is 16.9. The average Bonchev–Trinajstić information content (AvgIpc) is 3.36. The van der Waals surface area contributed by atoms with Gasteiger partial charge in [0.2, 0.25) is 0 Å². The van der Waals surface area contributed by atoms with E-state index in [-0.39, 0.29) is 29.1 Å². The first-order valence-electron chi connectivity index (χ1n) is 11.5. The van der Waals surface area contributed by atoms with Crippen molar-refractivity contribution in [3.63, 3.8) is 0 Å². The van der Waals surface area contributed by atoms with Crippen molar-refractivity contribution >= 4 is 34.7 Å². The highest BCUT2D eigenvalue weighted by Crippen LogP contribution is 2.31.